The Morgan fingerprint density at radius 2 is 2.15 bits per heavy atom. The van der Waals surface area contributed by atoms with Crippen LogP contribution >= 0.6 is 0 Å². The largest absolute Gasteiger partial charge is 0.494 e. The van der Waals surface area contributed by atoms with Crippen molar-refractivity contribution in [2.45, 2.75) is 33.2 Å². The summed E-state index contributed by atoms with van der Waals surface area (Å²) in [5.74, 6) is 0.751. The standard InChI is InChI=1S/C15H24N2O3/c1-4-8-20-14-7-5-6-13(9-14)17-15(19)16-12(3)11(2)10-18/h5-7,9,11-12,18H,4,8,10H2,1-3H3,(H2,16,17,19). The number of aliphatic hydroxyl groups excluding tert-OH is 1. The lowest BCUT2D eigenvalue weighted by Crippen LogP contribution is -2.40. The monoisotopic (exact) mass is 280 g/mol. The molecule has 0 heterocycles. The molecule has 0 aliphatic carbocycles. The fraction of sp³-hybridized carbons (Fsp3) is 0.533. The molecule has 0 aliphatic rings. The van der Waals surface area contributed by atoms with E-state index in [0.29, 0.717) is 12.3 Å². The highest BCUT2D eigenvalue weighted by molar-refractivity contribution is 5.89. The number of aliphatic hydroxyl groups is 1. The molecule has 0 radical (unpaired) electrons. The summed E-state index contributed by atoms with van der Waals surface area (Å²) in [5, 5.41) is 14.6. The first-order chi connectivity index (χ1) is 9.56. The molecule has 3 N–H and O–H groups in total. The van der Waals surface area contributed by atoms with Gasteiger partial charge < -0.3 is 20.5 Å². The van der Waals surface area contributed by atoms with Crippen molar-refractivity contribution in [1.82, 2.24) is 5.32 Å². The molecule has 20 heavy (non-hydrogen) atoms. The first-order valence-corrected chi connectivity index (χ1v) is 6.98. The van der Waals surface area contributed by atoms with E-state index >= 15 is 0 Å². The molecule has 1 aromatic rings. The molecule has 2 amide bonds. The molecule has 1 rings (SSSR count). The van der Waals surface area contributed by atoms with Gasteiger partial charge in [-0.3, -0.25) is 0 Å². The first kappa shape index (κ1) is 16.3. The molecule has 0 saturated carbocycles. The van der Waals surface area contributed by atoms with Gasteiger partial charge in [0.1, 0.15) is 5.75 Å². The Hall–Kier alpha value is -1.75. The van der Waals surface area contributed by atoms with Crippen molar-refractivity contribution in [3.05, 3.63) is 24.3 Å². The van der Waals surface area contributed by atoms with Crippen LogP contribution in [0.2, 0.25) is 0 Å². The first-order valence-electron chi connectivity index (χ1n) is 6.98. The number of carbonyl (C=O) groups is 1. The Bertz CT molecular complexity index is 423. The minimum Gasteiger partial charge on any atom is -0.494 e. The van der Waals surface area contributed by atoms with Gasteiger partial charge in [-0.2, -0.15) is 0 Å². The van der Waals surface area contributed by atoms with Gasteiger partial charge in [0.05, 0.1) is 6.61 Å². The molecule has 2 atom stereocenters. The Morgan fingerprint density at radius 3 is 2.80 bits per heavy atom. The van der Waals surface area contributed by atoms with Crippen molar-refractivity contribution in [2.75, 3.05) is 18.5 Å². The second-order valence-corrected chi connectivity index (χ2v) is 4.92. The number of urea groups is 1. The molecule has 0 aliphatic heterocycles. The van der Waals surface area contributed by atoms with E-state index < -0.39 is 0 Å². The van der Waals surface area contributed by atoms with Gasteiger partial charge >= 0.3 is 6.03 Å². The van der Waals surface area contributed by atoms with Crippen molar-refractivity contribution >= 4 is 11.7 Å². The molecule has 112 valence electrons. The van der Waals surface area contributed by atoms with Gasteiger partial charge in [-0.25, -0.2) is 4.79 Å². The van der Waals surface area contributed by atoms with E-state index in [4.69, 9.17) is 9.84 Å². The van der Waals surface area contributed by atoms with E-state index in [0.717, 1.165) is 12.2 Å². The number of rotatable bonds is 7. The second kappa shape index (κ2) is 8.43. The van der Waals surface area contributed by atoms with Crippen molar-refractivity contribution in [3.8, 4) is 5.75 Å². The molecule has 0 bridgehead atoms. The van der Waals surface area contributed by atoms with Crippen LogP contribution in [0.25, 0.3) is 0 Å². The zero-order valence-electron chi connectivity index (χ0n) is 12.3. The van der Waals surface area contributed by atoms with Crippen molar-refractivity contribution in [2.24, 2.45) is 5.92 Å². The third-order valence-corrected chi connectivity index (χ3v) is 3.07. The van der Waals surface area contributed by atoms with Gasteiger partial charge in [-0.05, 0) is 31.4 Å². The van der Waals surface area contributed by atoms with Crippen LogP contribution in [-0.2, 0) is 0 Å². The normalized spacial score (nSPS) is 13.4. The molecule has 0 fully saturated rings. The van der Waals surface area contributed by atoms with E-state index in [1.54, 1.807) is 12.1 Å². The van der Waals surface area contributed by atoms with Crippen LogP contribution in [-0.4, -0.2) is 30.4 Å². The highest BCUT2D eigenvalue weighted by atomic mass is 16.5. The Morgan fingerprint density at radius 1 is 1.40 bits per heavy atom. The fourth-order valence-corrected chi connectivity index (χ4v) is 1.56. The maximum absolute atomic E-state index is 11.8. The summed E-state index contributed by atoms with van der Waals surface area (Å²) in [4.78, 5) is 11.8. The summed E-state index contributed by atoms with van der Waals surface area (Å²) in [6, 6.07) is 6.90. The van der Waals surface area contributed by atoms with Crippen LogP contribution in [0.3, 0.4) is 0 Å². The van der Waals surface area contributed by atoms with Gasteiger partial charge in [-0.15, -0.1) is 0 Å². The minimum atomic E-state index is -0.287. The molecule has 0 spiro atoms. The highest BCUT2D eigenvalue weighted by Gasteiger charge is 2.13. The summed E-state index contributed by atoms with van der Waals surface area (Å²) in [5.41, 5.74) is 0.681. The lowest BCUT2D eigenvalue weighted by Gasteiger charge is -2.19. The summed E-state index contributed by atoms with van der Waals surface area (Å²) in [7, 11) is 0. The maximum atomic E-state index is 11.8. The lowest BCUT2D eigenvalue weighted by molar-refractivity contribution is 0.204. The molecule has 1 aromatic carbocycles. The van der Waals surface area contributed by atoms with E-state index in [1.807, 2.05) is 32.9 Å². The number of benzene rings is 1. The topological polar surface area (TPSA) is 70.6 Å². The zero-order valence-corrected chi connectivity index (χ0v) is 12.3. The van der Waals surface area contributed by atoms with E-state index in [-0.39, 0.29) is 24.6 Å². The van der Waals surface area contributed by atoms with Crippen molar-refractivity contribution < 1.29 is 14.6 Å². The van der Waals surface area contributed by atoms with Crippen LogP contribution in [0.15, 0.2) is 24.3 Å². The van der Waals surface area contributed by atoms with Gasteiger partial charge in [0.15, 0.2) is 0 Å². The molecule has 0 saturated heterocycles. The van der Waals surface area contributed by atoms with Crippen LogP contribution < -0.4 is 15.4 Å². The van der Waals surface area contributed by atoms with Crippen LogP contribution in [0, 0.1) is 5.92 Å². The van der Waals surface area contributed by atoms with Gasteiger partial charge in [0.25, 0.3) is 0 Å². The van der Waals surface area contributed by atoms with E-state index in [9.17, 15) is 4.79 Å². The van der Waals surface area contributed by atoms with Crippen LogP contribution in [0.4, 0.5) is 10.5 Å². The Balaban J connectivity index is 2.53. The predicted molar refractivity (Wildman–Crippen MR) is 80.1 cm³/mol. The quantitative estimate of drug-likeness (QED) is 0.719. The summed E-state index contributed by atoms with van der Waals surface area (Å²) >= 11 is 0. The molecular weight excluding hydrogens is 256 g/mol. The smallest absolute Gasteiger partial charge is 0.319 e. The Kier molecular flexibility index (Phi) is 6.87. The number of anilines is 1. The van der Waals surface area contributed by atoms with Crippen molar-refractivity contribution in [3.63, 3.8) is 0 Å². The number of amides is 2. The third kappa shape index (κ3) is 5.48. The number of hydrogen-bond acceptors (Lipinski definition) is 3. The molecular formula is C15H24N2O3. The number of carbonyl (C=O) groups excluding carboxylic acids is 1. The highest BCUT2D eigenvalue weighted by Crippen LogP contribution is 2.17. The predicted octanol–water partition coefficient (Wildman–Crippen LogP) is 2.61. The Labute approximate surface area is 120 Å². The number of ether oxygens (including phenoxy) is 1. The summed E-state index contributed by atoms with van der Waals surface area (Å²) in [6.45, 7) is 6.48. The van der Waals surface area contributed by atoms with E-state index in [2.05, 4.69) is 10.6 Å². The van der Waals surface area contributed by atoms with Gasteiger partial charge in [0.2, 0.25) is 0 Å². The summed E-state index contributed by atoms with van der Waals surface area (Å²) in [6.07, 6.45) is 0.939. The minimum absolute atomic E-state index is 0.0139. The molecule has 5 nitrogen and oxygen atoms in total. The zero-order chi connectivity index (χ0) is 15.0. The average molecular weight is 280 g/mol. The van der Waals surface area contributed by atoms with Crippen LogP contribution in [0.1, 0.15) is 27.2 Å². The molecule has 2 unspecified atom stereocenters. The van der Waals surface area contributed by atoms with E-state index in [1.165, 1.54) is 0 Å². The van der Waals surface area contributed by atoms with Crippen LogP contribution in [0.5, 0.6) is 5.75 Å². The van der Waals surface area contributed by atoms with Gasteiger partial charge in [0, 0.05) is 24.4 Å². The second-order valence-electron chi connectivity index (χ2n) is 4.92. The molecule has 0 aromatic heterocycles. The lowest BCUT2D eigenvalue weighted by atomic mass is 10.1. The fourth-order valence-electron chi connectivity index (χ4n) is 1.56. The molecule has 5 heteroatoms. The summed E-state index contributed by atoms with van der Waals surface area (Å²) < 4.78 is 5.51. The maximum Gasteiger partial charge on any atom is 0.319 e. The third-order valence-electron chi connectivity index (χ3n) is 3.07. The van der Waals surface area contributed by atoms with Gasteiger partial charge in [-0.1, -0.05) is 19.9 Å². The number of hydrogen-bond donors (Lipinski definition) is 3. The number of nitrogens with one attached hydrogen (secondary N) is 2. The SMILES string of the molecule is CCCOc1cccc(NC(=O)NC(C)C(C)CO)c1. The average Bonchev–Trinajstić information content (AvgIpc) is 2.44. The van der Waals surface area contributed by atoms with Crippen molar-refractivity contribution in [1.29, 1.82) is 0 Å².